The standard InChI is InChI=1S/C14H15N7/c1-21(2)14-19-12(15)18-13(20-14)17-10-7-3-5-9-6-4-8-16-11(9)10/h3-8H,1-2H3,(H3,15,17,18,19,20). The van der Waals surface area contributed by atoms with Crippen molar-refractivity contribution < 1.29 is 0 Å². The van der Waals surface area contributed by atoms with Gasteiger partial charge in [0.15, 0.2) is 0 Å². The normalized spacial score (nSPS) is 10.6. The van der Waals surface area contributed by atoms with E-state index in [9.17, 15) is 0 Å². The molecule has 0 aliphatic heterocycles. The van der Waals surface area contributed by atoms with E-state index in [1.165, 1.54) is 0 Å². The van der Waals surface area contributed by atoms with Gasteiger partial charge in [-0.3, -0.25) is 4.98 Å². The lowest BCUT2D eigenvalue weighted by atomic mass is 10.2. The Kier molecular flexibility index (Phi) is 3.23. The molecular weight excluding hydrogens is 266 g/mol. The number of nitrogen functional groups attached to an aromatic ring is 1. The third-order valence-corrected chi connectivity index (χ3v) is 2.92. The minimum atomic E-state index is 0.171. The first-order valence-corrected chi connectivity index (χ1v) is 6.43. The highest BCUT2D eigenvalue weighted by Gasteiger charge is 2.08. The predicted molar refractivity (Wildman–Crippen MR) is 83.6 cm³/mol. The summed E-state index contributed by atoms with van der Waals surface area (Å²) in [6.45, 7) is 0. The molecule has 0 radical (unpaired) electrons. The summed E-state index contributed by atoms with van der Waals surface area (Å²) in [6, 6.07) is 9.77. The van der Waals surface area contributed by atoms with Gasteiger partial charge in [-0.05, 0) is 12.1 Å². The highest BCUT2D eigenvalue weighted by molar-refractivity contribution is 5.91. The van der Waals surface area contributed by atoms with Gasteiger partial charge in [0.2, 0.25) is 17.8 Å². The Balaban J connectivity index is 2.03. The van der Waals surface area contributed by atoms with Gasteiger partial charge in [-0.2, -0.15) is 15.0 Å². The minimum Gasteiger partial charge on any atom is -0.368 e. The maximum absolute atomic E-state index is 5.72. The lowest BCUT2D eigenvalue weighted by Crippen LogP contribution is -2.15. The highest BCUT2D eigenvalue weighted by Crippen LogP contribution is 2.23. The number of pyridine rings is 1. The molecule has 3 aromatic rings. The molecule has 2 heterocycles. The van der Waals surface area contributed by atoms with Gasteiger partial charge in [-0.15, -0.1) is 0 Å². The molecular formula is C14H15N7. The fourth-order valence-electron chi connectivity index (χ4n) is 1.96. The average Bonchev–Trinajstić information content (AvgIpc) is 2.47. The molecule has 2 aromatic heterocycles. The van der Waals surface area contributed by atoms with Crippen molar-refractivity contribution in [3.05, 3.63) is 36.5 Å². The molecule has 0 saturated carbocycles. The Labute approximate surface area is 121 Å². The molecule has 3 N–H and O–H groups in total. The second-order valence-corrected chi connectivity index (χ2v) is 4.72. The molecule has 7 nitrogen and oxygen atoms in total. The van der Waals surface area contributed by atoms with E-state index in [4.69, 9.17) is 5.73 Å². The number of anilines is 4. The first kappa shape index (κ1) is 13.0. The van der Waals surface area contributed by atoms with Gasteiger partial charge < -0.3 is 16.0 Å². The van der Waals surface area contributed by atoms with Crippen molar-refractivity contribution in [2.75, 3.05) is 30.0 Å². The maximum atomic E-state index is 5.72. The van der Waals surface area contributed by atoms with Crippen LogP contribution in [0.2, 0.25) is 0 Å². The first-order valence-electron chi connectivity index (χ1n) is 6.43. The second-order valence-electron chi connectivity index (χ2n) is 4.72. The zero-order chi connectivity index (χ0) is 14.8. The average molecular weight is 281 g/mol. The molecule has 0 amide bonds. The van der Waals surface area contributed by atoms with Crippen molar-refractivity contribution >= 4 is 34.4 Å². The number of nitrogens with one attached hydrogen (secondary N) is 1. The Morgan fingerprint density at radius 2 is 1.86 bits per heavy atom. The summed E-state index contributed by atoms with van der Waals surface area (Å²) < 4.78 is 0. The van der Waals surface area contributed by atoms with E-state index in [0.717, 1.165) is 16.6 Å². The summed E-state index contributed by atoms with van der Waals surface area (Å²) in [4.78, 5) is 18.6. The monoisotopic (exact) mass is 281 g/mol. The third kappa shape index (κ3) is 2.66. The number of nitrogens with two attached hydrogens (primary N) is 1. The van der Waals surface area contributed by atoms with Crippen molar-refractivity contribution in [1.29, 1.82) is 0 Å². The highest BCUT2D eigenvalue weighted by atomic mass is 15.3. The molecule has 7 heteroatoms. The fraction of sp³-hybridized carbons (Fsp3) is 0.143. The summed E-state index contributed by atoms with van der Waals surface area (Å²) in [7, 11) is 3.69. The molecule has 0 saturated heterocycles. The number of rotatable bonds is 3. The molecule has 106 valence electrons. The van der Waals surface area contributed by atoms with Crippen molar-refractivity contribution in [2.24, 2.45) is 0 Å². The van der Waals surface area contributed by atoms with E-state index in [-0.39, 0.29) is 5.95 Å². The first-order chi connectivity index (χ1) is 10.1. The summed E-state index contributed by atoms with van der Waals surface area (Å²) in [6.07, 6.45) is 1.75. The molecule has 21 heavy (non-hydrogen) atoms. The van der Waals surface area contributed by atoms with Gasteiger partial charge in [0.1, 0.15) is 0 Å². The lowest BCUT2D eigenvalue weighted by Gasteiger charge is -2.12. The van der Waals surface area contributed by atoms with Crippen LogP contribution in [-0.2, 0) is 0 Å². The minimum absolute atomic E-state index is 0.171. The number of nitrogens with zero attached hydrogens (tertiary/aromatic N) is 5. The van der Waals surface area contributed by atoms with Gasteiger partial charge in [0, 0.05) is 25.7 Å². The van der Waals surface area contributed by atoms with Crippen LogP contribution in [0.15, 0.2) is 36.5 Å². The molecule has 0 spiro atoms. The topological polar surface area (TPSA) is 92.9 Å². The predicted octanol–water partition coefficient (Wildman–Crippen LogP) is 1.81. The van der Waals surface area contributed by atoms with E-state index < -0.39 is 0 Å². The largest absolute Gasteiger partial charge is 0.368 e. The van der Waals surface area contributed by atoms with E-state index >= 15 is 0 Å². The van der Waals surface area contributed by atoms with Gasteiger partial charge in [-0.1, -0.05) is 18.2 Å². The van der Waals surface area contributed by atoms with Gasteiger partial charge >= 0.3 is 0 Å². The quantitative estimate of drug-likeness (QED) is 0.756. The van der Waals surface area contributed by atoms with Crippen LogP contribution in [0.25, 0.3) is 10.9 Å². The molecule has 0 unspecified atom stereocenters. The van der Waals surface area contributed by atoms with Crippen molar-refractivity contribution in [1.82, 2.24) is 19.9 Å². The number of hydrogen-bond acceptors (Lipinski definition) is 7. The van der Waals surface area contributed by atoms with Crippen LogP contribution in [0, 0.1) is 0 Å². The zero-order valence-electron chi connectivity index (χ0n) is 11.8. The summed E-state index contributed by atoms with van der Waals surface area (Å²) in [5.41, 5.74) is 7.39. The van der Waals surface area contributed by atoms with Crippen LogP contribution in [0.1, 0.15) is 0 Å². The SMILES string of the molecule is CN(C)c1nc(N)nc(Nc2cccc3cccnc23)n1. The van der Waals surface area contributed by atoms with Crippen LogP contribution < -0.4 is 16.0 Å². The van der Waals surface area contributed by atoms with Gasteiger partial charge in [-0.25, -0.2) is 0 Å². The fourth-order valence-corrected chi connectivity index (χ4v) is 1.96. The van der Waals surface area contributed by atoms with Gasteiger partial charge in [0.05, 0.1) is 11.2 Å². The smallest absolute Gasteiger partial charge is 0.233 e. The Bertz CT molecular complexity index is 780. The van der Waals surface area contributed by atoms with Crippen molar-refractivity contribution in [2.45, 2.75) is 0 Å². The molecule has 0 fully saturated rings. The van der Waals surface area contributed by atoms with Crippen LogP contribution >= 0.6 is 0 Å². The Morgan fingerprint density at radius 3 is 2.67 bits per heavy atom. The number of para-hydroxylation sites is 1. The molecule has 0 aliphatic rings. The molecule has 0 aliphatic carbocycles. The molecule has 0 atom stereocenters. The number of benzene rings is 1. The van der Waals surface area contributed by atoms with Crippen LogP contribution in [-0.4, -0.2) is 34.0 Å². The zero-order valence-corrected chi connectivity index (χ0v) is 11.8. The van der Waals surface area contributed by atoms with Crippen molar-refractivity contribution in [3.63, 3.8) is 0 Å². The number of hydrogen-bond donors (Lipinski definition) is 2. The van der Waals surface area contributed by atoms with Gasteiger partial charge in [0.25, 0.3) is 0 Å². The second kappa shape index (κ2) is 5.20. The van der Waals surface area contributed by atoms with E-state index in [1.807, 2.05) is 44.4 Å². The summed E-state index contributed by atoms with van der Waals surface area (Å²) in [5.74, 6) is 1.06. The maximum Gasteiger partial charge on any atom is 0.233 e. The molecule has 0 bridgehead atoms. The summed E-state index contributed by atoms with van der Waals surface area (Å²) in [5, 5.41) is 4.19. The Hall–Kier alpha value is -2.96. The summed E-state index contributed by atoms with van der Waals surface area (Å²) >= 11 is 0. The number of fused-ring (bicyclic) bond motifs is 1. The van der Waals surface area contributed by atoms with Crippen LogP contribution in [0.4, 0.5) is 23.5 Å². The van der Waals surface area contributed by atoms with E-state index in [1.54, 1.807) is 11.1 Å². The third-order valence-electron chi connectivity index (χ3n) is 2.92. The number of aromatic nitrogens is 4. The molecule has 1 aromatic carbocycles. The molecule has 3 rings (SSSR count). The van der Waals surface area contributed by atoms with Crippen molar-refractivity contribution in [3.8, 4) is 0 Å². The lowest BCUT2D eigenvalue weighted by molar-refractivity contribution is 0.970. The Morgan fingerprint density at radius 1 is 1.05 bits per heavy atom. The van der Waals surface area contributed by atoms with Crippen LogP contribution in [0.5, 0.6) is 0 Å². The van der Waals surface area contributed by atoms with E-state index in [2.05, 4.69) is 25.3 Å². The van der Waals surface area contributed by atoms with Crippen LogP contribution in [0.3, 0.4) is 0 Å². The van der Waals surface area contributed by atoms with E-state index in [0.29, 0.717) is 11.9 Å².